The van der Waals surface area contributed by atoms with E-state index in [1.807, 2.05) is 0 Å². The predicted molar refractivity (Wildman–Crippen MR) is 63.7 cm³/mol. The van der Waals surface area contributed by atoms with Gasteiger partial charge < -0.3 is 24.5 Å². The molecule has 0 radical (unpaired) electrons. The minimum absolute atomic E-state index is 0. The average Bonchev–Trinajstić information content (AvgIpc) is 2.28. The van der Waals surface area contributed by atoms with E-state index in [-0.39, 0.29) is 18.9 Å². The van der Waals surface area contributed by atoms with Gasteiger partial charge in [-0.3, -0.25) is 0 Å². The van der Waals surface area contributed by atoms with Crippen LogP contribution in [0.25, 0.3) is 0 Å². The molecule has 18 heavy (non-hydrogen) atoms. The van der Waals surface area contributed by atoms with Crippen molar-refractivity contribution in [3.05, 3.63) is 30.3 Å². The molecular formula is C9H12BLiO7. The number of ether oxygens (including phenoxy) is 2. The van der Waals surface area contributed by atoms with Gasteiger partial charge in [0, 0.05) is 0 Å². The van der Waals surface area contributed by atoms with Gasteiger partial charge in [0.15, 0.2) is 0 Å². The molecule has 9 heteroatoms. The van der Waals surface area contributed by atoms with Crippen LogP contribution < -0.4 is 4.74 Å². The van der Waals surface area contributed by atoms with Crippen LogP contribution in [0, 0.1) is 0 Å². The van der Waals surface area contributed by atoms with E-state index < -0.39 is 19.3 Å². The van der Waals surface area contributed by atoms with Gasteiger partial charge in [-0.05, 0) is 12.1 Å². The Bertz CT molecular complexity index is 354. The molecule has 0 spiro atoms. The number of para-hydroxylation sites is 1. The summed E-state index contributed by atoms with van der Waals surface area (Å²) < 4.78 is 8.82. The molecule has 0 amide bonds. The minimum atomic E-state index is -2.17. The fourth-order valence-corrected chi connectivity index (χ4v) is 0.721. The van der Waals surface area contributed by atoms with Gasteiger partial charge in [-0.15, -0.1) is 0 Å². The van der Waals surface area contributed by atoms with Gasteiger partial charge in [-0.2, -0.15) is 0 Å². The van der Waals surface area contributed by atoms with Crippen molar-refractivity contribution in [2.75, 3.05) is 7.11 Å². The molecule has 0 fully saturated rings. The van der Waals surface area contributed by atoms with E-state index in [4.69, 9.17) is 15.1 Å². The first-order valence-corrected chi connectivity index (χ1v) is 4.36. The third kappa shape index (κ3) is 9.90. The van der Waals surface area contributed by atoms with Crippen LogP contribution in [0.2, 0.25) is 0 Å². The zero-order chi connectivity index (χ0) is 13.3. The summed E-state index contributed by atoms with van der Waals surface area (Å²) in [7, 11) is -1.05. The molecule has 94 valence electrons. The Morgan fingerprint density at radius 3 is 1.89 bits per heavy atom. The zero-order valence-electron chi connectivity index (χ0n) is 8.94. The molecule has 7 nitrogen and oxygen atoms in total. The second-order valence-electron chi connectivity index (χ2n) is 2.54. The SMILES string of the molecule is COC(=O)C(=O)Oc1ccccc1.OB(O)O.[LiH]. The predicted octanol–water partition coefficient (Wildman–Crippen LogP) is -1.94. The van der Waals surface area contributed by atoms with Crippen molar-refractivity contribution < 1.29 is 34.1 Å². The van der Waals surface area contributed by atoms with E-state index in [9.17, 15) is 9.59 Å². The van der Waals surface area contributed by atoms with Gasteiger partial charge in [-0.25, -0.2) is 9.59 Å². The van der Waals surface area contributed by atoms with E-state index >= 15 is 0 Å². The standard InChI is InChI=1S/C9H8O4.BH3O3.Li.H/c1-12-8(10)9(11)13-7-5-3-2-4-6-7;2-1(3)4;;/h2-6H,1H3;2-4H;;. The fourth-order valence-electron chi connectivity index (χ4n) is 0.721. The third-order valence-electron chi connectivity index (χ3n) is 1.31. The van der Waals surface area contributed by atoms with E-state index in [1.54, 1.807) is 30.3 Å². The van der Waals surface area contributed by atoms with Crippen LogP contribution in [0.15, 0.2) is 30.3 Å². The topological polar surface area (TPSA) is 113 Å². The summed E-state index contributed by atoms with van der Waals surface area (Å²) in [6.45, 7) is 0. The first-order valence-electron chi connectivity index (χ1n) is 4.36. The summed E-state index contributed by atoms with van der Waals surface area (Å²) in [4.78, 5) is 21.5. The number of hydrogen-bond donors (Lipinski definition) is 3. The maximum absolute atomic E-state index is 10.8. The summed E-state index contributed by atoms with van der Waals surface area (Å²) in [6.07, 6.45) is 0. The molecule has 0 aliphatic rings. The molecule has 0 heterocycles. The van der Waals surface area contributed by atoms with E-state index in [1.165, 1.54) is 0 Å². The molecule has 1 rings (SSSR count). The van der Waals surface area contributed by atoms with Crippen molar-refractivity contribution in [3.63, 3.8) is 0 Å². The summed E-state index contributed by atoms with van der Waals surface area (Å²) in [5.41, 5.74) is 0. The summed E-state index contributed by atoms with van der Waals surface area (Å²) in [6, 6.07) is 8.30. The van der Waals surface area contributed by atoms with Crippen LogP contribution >= 0.6 is 0 Å². The summed E-state index contributed by atoms with van der Waals surface area (Å²) in [5.74, 6) is -1.71. The van der Waals surface area contributed by atoms with Gasteiger partial charge in [0.2, 0.25) is 0 Å². The molecule has 1 aromatic carbocycles. The van der Waals surface area contributed by atoms with Crippen LogP contribution in [-0.2, 0) is 14.3 Å². The maximum atomic E-state index is 10.8. The summed E-state index contributed by atoms with van der Waals surface area (Å²) >= 11 is 0. The van der Waals surface area contributed by atoms with Gasteiger partial charge >= 0.3 is 38.1 Å². The quantitative estimate of drug-likeness (QED) is 0.230. The molecule has 0 unspecified atom stereocenters. The van der Waals surface area contributed by atoms with Gasteiger partial charge in [-0.1, -0.05) is 18.2 Å². The Kier molecular flexibility index (Phi) is 11.5. The second kappa shape index (κ2) is 10.8. The molecule has 0 saturated carbocycles. The number of carbonyl (C=O) groups is 2. The van der Waals surface area contributed by atoms with Crippen molar-refractivity contribution >= 4 is 38.1 Å². The Labute approximate surface area is 116 Å². The first-order chi connectivity index (χ1) is 7.97. The number of benzene rings is 1. The van der Waals surface area contributed by atoms with Crippen molar-refractivity contribution in [1.82, 2.24) is 0 Å². The van der Waals surface area contributed by atoms with E-state index in [2.05, 4.69) is 9.47 Å². The molecular weight excluding hydrogens is 238 g/mol. The normalized spacial score (nSPS) is 8.00. The molecule has 0 aliphatic carbocycles. The Morgan fingerprint density at radius 1 is 1.06 bits per heavy atom. The van der Waals surface area contributed by atoms with Gasteiger partial charge in [0.1, 0.15) is 5.75 Å². The van der Waals surface area contributed by atoms with Crippen LogP contribution in [-0.4, -0.2) is 60.3 Å². The Hall–Kier alpha value is -1.30. The molecule has 0 atom stereocenters. The molecule has 0 saturated heterocycles. The molecule has 0 aromatic heterocycles. The first kappa shape index (κ1) is 19.1. The van der Waals surface area contributed by atoms with E-state index in [0.29, 0.717) is 5.75 Å². The van der Waals surface area contributed by atoms with Crippen LogP contribution in [0.3, 0.4) is 0 Å². The average molecular weight is 250 g/mol. The van der Waals surface area contributed by atoms with Gasteiger partial charge in [0.25, 0.3) is 0 Å². The number of rotatable bonds is 1. The van der Waals surface area contributed by atoms with E-state index in [0.717, 1.165) is 7.11 Å². The second-order valence-corrected chi connectivity index (χ2v) is 2.54. The van der Waals surface area contributed by atoms with Crippen molar-refractivity contribution in [2.24, 2.45) is 0 Å². The molecule has 1 aromatic rings. The Balaban J connectivity index is 0. The van der Waals surface area contributed by atoms with Crippen LogP contribution in [0.1, 0.15) is 0 Å². The third-order valence-corrected chi connectivity index (χ3v) is 1.31. The van der Waals surface area contributed by atoms with Crippen molar-refractivity contribution in [3.8, 4) is 5.75 Å². The molecule has 0 bridgehead atoms. The van der Waals surface area contributed by atoms with Gasteiger partial charge in [0.05, 0.1) is 7.11 Å². The zero-order valence-corrected chi connectivity index (χ0v) is 8.94. The Morgan fingerprint density at radius 2 is 1.50 bits per heavy atom. The number of esters is 2. The van der Waals surface area contributed by atoms with Crippen LogP contribution in [0.4, 0.5) is 0 Å². The molecule has 0 aliphatic heterocycles. The number of hydrogen-bond acceptors (Lipinski definition) is 7. The van der Waals surface area contributed by atoms with Crippen LogP contribution in [0.5, 0.6) is 5.75 Å². The molecule has 3 N–H and O–H groups in total. The summed E-state index contributed by atoms with van der Waals surface area (Å²) in [5, 5.41) is 21.5. The van der Waals surface area contributed by atoms with Crippen molar-refractivity contribution in [2.45, 2.75) is 0 Å². The van der Waals surface area contributed by atoms with Crippen molar-refractivity contribution in [1.29, 1.82) is 0 Å². The number of carbonyl (C=O) groups excluding carboxylic acids is 2. The fraction of sp³-hybridized carbons (Fsp3) is 0.111. The number of methoxy groups -OCH3 is 1. The monoisotopic (exact) mass is 250 g/mol.